The molecule has 25 heavy (non-hydrogen) atoms. The number of thiazole rings is 1. The number of carbonyl (C=O) groups is 2. The van der Waals surface area contributed by atoms with E-state index in [1.165, 1.54) is 11.3 Å². The van der Waals surface area contributed by atoms with Crippen LogP contribution in [0.15, 0.2) is 18.2 Å². The van der Waals surface area contributed by atoms with Crippen LogP contribution in [0.1, 0.15) is 32.3 Å². The number of fused-ring (bicyclic) bond motifs is 1. The summed E-state index contributed by atoms with van der Waals surface area (Å²) in [6.45, 7) is 6.43. The maximum absolute atomic E-state index is 12.7. The summed E-state index contributed by atoms with van der Waals surface area (Å²) in [5.74, 6) is -0.283. The molecule has 1 aliphatic heterocycles. The molecule has 3 N–H and O–H groups in total. The Kier molecular flexibility index (Phi) is 5.06. The maximum Gasteiger partial charge on any atom is 0.248 e. The van der Waals surface area contributed by atoms with E-state index in [1.807, 2.05) is 32.9 Å². The highest BCUT2D eigenvalue weighted by Crippen LogP contribution is 2.28. The van der Waals surface area contributed by atoms with Crippen molar-refractivity contribution in [1.82, 2.24) is 9.88 Å². The Labute approximate surface area is 151 Å². The Hall–Kier alpha value is -1.99. The zero-order valence-electron chi connectivity index (χ0n) is 14.8. The summed E-state index contributed by atoms with van der Waals surface area (Å²) < 4.78 is 1.04. The number of hydrogen-bond acceptors (Lipinski definition) is 5. The fourth-order valence-corrected chi connectivity index (χ4v) is 4.02. The van der Waals surface area contributed by atoms with E-state index in [1.54, 1.807) is 4.90 Å². The van der Waals surface area contributed by atoms with Gasteiger partial charge in [0.1, 0.15) is 6.04 Å². The third kappa shape index (κ3) is 3.67. The van der Waals surface area contributed by atoms with E-state index in [9.17, 15) is 9.59 Å². The minimum Gasteiger partial charge on any atom is -0.329 e. The lowest BCUT2D eigenvalue weighted by molar-refractivity contribution is -0.138. The van der Waals surface area contributed by atoms with Gasteiger partial charge in [0.15, 0.2) is 5.13 Å². The van der Waals surface area contributed by atoms with Crippen LogP contribution in [-0.4, -0.2) is 40.3 Å². The number of nitrogens with zero attached hydrogens (tertiary/aromatic N) is 2. The number of aromatic nitrogens is 1. The van der Waals surface area contributed by atoms with Crippen molar-refractivity contribution in [2.75, 3.05) is 11.9 Å². The molecule has 6 nitrogen and oxygen atoms in total. The number of nitrogens with one attached hydrogen (secondary N) is 1. The molecule has 0 aliphatic carbocycles. The monoisotopic (exact) mass is 360 g/mol. The third-order valence-electron chi connectivity index (χ3n) is 4.62. The predicted octanol–water partition coefficient (Wildman–Crippen LogP) is 2.52. The van der Waals surface area contributed by atoms with Crippen LogP contribution in [0.25, 0.3) is 10.2 Å². The SMILES string of the molecule is Cc1ccc2nc(NC(=O)[C@@H]3CCCN3C(=O)[C@@H](N)C(C)C)sc2c1. The quantitative estimate of drug-likeness (QED) is 0.877. The van der Waals surface area contributed by atoms with E-state index >= 15 is 0 Å². The van der Waals surface area contributed by atoms with Crippen molar-refractivity contribution in [3.63, 3.8) is 0 Å². The smallest absolute Gasteiger partial charge is 0.248 e. The van der Waals surface area contributed by atoms with Gasteiger partial charge in [0, 0.05) is 6.54 Å². The largest absolute Gasteiger partial charge is 0.329 e. The first-order chi connectivity index (χ1) is 11.9. The van der Waals surface area contributed by atoms with E-state index < -0.39 is 12.1 Å². The molecule has 0 bridgehead atoms. The maximum atomic E-state index is 12.7. The van der Waals surface area contributed by atoms with Crippen LogP contribution in [0.5, 0.6) is 0 Å². The topological polar surface area (TPSA) is 88.3 Å². The highest BCUT2D eigenvalue weighted by atomic mass is 32.1. The van der Waals surface area contributed by atoms with Gasteiger partial charge in [-0.3, -0.25) is 9.59 Å². The van der Waals surface area contributed by atoms with E-state index in [0.29, 0.717) is 18.1 Å². The molecule has 3 rings (SSSR count). The van der Waals surface area contributed by atoms with Crippen LogP contribution in [0.3, 0.4) is 0 Å². The first-order valence-corrected chi connectivity index (χ1v) is 9.42. The van der Waals surface area contributed by atoms with Crippen LogP contribution in [0, 0.1) is 12.8 Å². The first-order valence-electron chi connectivity index (χ1n) is 8.61. The summed E-state index contributed by atoms with van der Waals surface area (Å²) in [6.07, 6.45) is 1.47. The lowest BCUT2D eigenvalue weighted by atomic mass is 10.0. The van der Waals surface area contributed by atoms with Gasteiger partial charge >= 0.3 is 0 Å². The van der Waals surface area contributed by atoms with Crippen molar-refractivity contribution in [3.8, 4) is 0 Å². The average Bonchev–Trinajstić information content (AvgIpc) is 3.19. The number of rotatable bonds is 4. The number of carbonyl (C=O) groups excluding carboxylic acids is 2. The van der Waals surface area contributed by atoms with Crippen LogP contribution in [0.2, 0.25) is 0 Å². The molecular formula is C18H24N4O2S. The number of aryl methyl sites for hydroxylation is 1. The van der Waals surface area contributed by atoms with Crippen molar-refractivity contribution < 1.29 is 9.59 Å². The molecule has 1 saturated heterocycles. The van der Waals surface area contributed by atoms with Gasteiger partial charge in [-0.15, -0.1) is 0 Å². The Morgan fingerprint density at radius 2 is 2.16 bits per heavy atom. The molecule has 2 heterocycles. The van der Waals surface area contributed by atoms with Crippen LogP contribution in [0.4, 0.5) is 5.13 Å². The molecule has 1 aromatic heterocycles. The second-order valence-corrected chi connectivity index (χ2v) is 7.97. The summed E-state index contributed by atoms with van der Waals surface area (Å²) in [6, 6.07) is 4.96. The minimum atomic E-state index is -0.571. The molecule has 1 aliphatic rings. The molecule has 0 spiro atoms. The molecule has 134 valence electrons. The summed E-state index contributed by atoms with van der Waals surface area (Å²) in [5, 5.41) is 3.45. The minimum absolute atomic E-state index is 0.0457. The van der Waals surface area contributed by atoms with Gasteiger partial charge in [-0.05, 0) is 43.4 Å². The van der Waals surface area contributed by atoms with Gasteiger partial charge in [-0.1, -0.05) is 31.3 Å². The first kappa shape index (κ1) is 17.8. The average molecular weight is 360 g/mol. The number of hydrogen-bond donors (Lipinski definition) is 2. The Bertz CT molecular complexity index is 801. The van der Waals surface area contributed by atoms with Gasteiger partial charge in [0.25, 0.3) is 0 Å². The molecule has 7 heteroatoms. The molecule has 2 atom stereocenters. The molecule has 0 radical (unpaired) electrons. The Balaban J connectivity index is 1.73. The Morgan fingerprint density at radius 3 is 2.88 bits per heavy atom. The third-order valence-corrected chi connectivity index (χ3v) is 5.55. The second kappa shape index (κ2) is 7.09. The summed E-state index contributed by atoms with van der Waals surface area (Å²) in [5.41, 5.74) is 8.01. The number of anilines is 1. The van der Waals surface area contributed by atoms with Crippen molar-refractivity contribution >= 4 is 38.5 Å². The van der Waals surface area contributed by atoms with E-state index in [2.05, 4.69) is 16.4 Å². The van der Waals surface area contributed by atoms with Gasteiger partial charge in [0.05, 0.1) is 16.3 Å². The molecule has 1 aromatic carbocycles. The zero-order chi connectivity index (χ0) is 18.1. The number of benzene rings is 1. The van der Waals surface area contributed by atoms with E-state index in [0.717, 1.165) is 22.2 Å². The van der Waals surface area contributed by atoms with Gasteiger partial charge in [0.2, 0.25) is 11.8 Å². The fourth-order valence-electron chi connectivity index (χ4n) is 3.05. The van der Waals surface area contributed by atoms with Crippen molar-refractivity contribution in [3.05, 3.63) is 23.8 Å². The zero-order valence-corrected chi connectivity index (χ0v) is 15.6. The second-order valence-electron chi connectivity index (χ2n) is 6.94. The van der Waals surface area contributed by atoms with E-state index in [-0.39, 0.29) is 17.7 Å². The number of likely N-dealkylation sites (tertiary alicyclic amines) is 1. The summed E-state index contributed by atoms with van der Waals surface area (Å²) >= 11 is 1.45. The normalized spacial score (nSPS) is 18.8. The molecular weight excluding hydrogens is 336 g/mol. The number of amides is 2. The van der Waals surface area contributed by atoms with Crippen molar-refractivity contribution in [2.24, 2.45) is 11.7 Å². The molecule has 0 unspecified atom stereocenters. The predicted molar refractivity (Wildman–Crippen MR) is 101 cm³/mol. The lowest BCUT2D eigenvalue weighted by Crippen LogP contribution is -2.51. The molecule has 1 fully saturated rings. The Morgan fingerprint density at radius 1 is 1.40 bits per heavy atom. The van der Waals surface area contributed by atoms with Gasteiger partial charge < -0.3 is 16.0 Å². The summed E-state index contributed by atoms with van der Waals surface area (Å²) in [4.78, 5) is 31.3. The van der Waals surface area contributed by atoms with Crippen molar-refractivity contribution in [1.29, 1.82) is 0 Å². The highest BCUT2D eigenvalue weighted by Gasteiger charge is 2.37. The standard InChI is InChI=1S/C18H24N4O2S/c1-10(2)15(19)17(24)22-8-4-5-13(22)16(23)21-18-20-12-7-6-11(3)9-14(12)25-18/h6-7,9-10,13,15H,4-5,8,19H2,1-3H3,(H,20,21,23)/t13-,15-/m0/s1. The van der Waals surface area contributed by atoms with Gasteiger partial charge in [-0.2, -0.15) is 0 Å². The molecule has 0 saturated carbocycles. The molecule has 2 aromatic rings. The highest BCUT2D eigenvalue weighted by molar-refractivity contribution is 7.22. The fraction of sp³-hybridized carbons (Fsp3) is 0.500. The number of nitrogens with two attached hydrogens (primary N) is 1. The van der Waals surface area contributed by atoms with Crippen LogP contribution < -0.4 is 11.1 Å². The van der Waals surface area contributed by atoms with E-state index in [4.69, 9.17) is 5.73 Å². The van der Waals surface area contributed by atoms with Crippen LogP contribution in [-0.2, 0) is 9.59 Å². The lowest BCUT2D eigenvalue weighted by Gasteiger charge is -2.27. The van der Waals surface area contributed by atoms with Crippen LogP contribution >= 0.6 is 11.3 Å². The summed E-state index contributed by atoms with van der Waals surface area (Å²) in [7, 11) is 0. The van der Waals surface area contributed by atoms with Gasteiger partial charge in [-0.25, -0.2) is 4.98 Å². The molecule has 2 amide bonds. The van der Waals surface area contributed by atoms with Crippen molar-refractivity contribution in [2.45, 2.75) is 45.7 Å².